The molecule has 2 aromatic rings. The first-order valence-corrected chi connectivity index (χ1v) is 14.8. The third-order valence-corrected chi connectivity index (χ3v) is 9.49. The number of carbonyl (C=O) groups excluding carboxylic acids is 1. The Morgan fingerprint density at radius 3 is 2.67 bits per heavy atom. The van der Waals surface area contributed by atoms with Gasteiger partial charge in [-0.25, -0.2) is 13.1 Å². The molecule has 1 aromatic carbocycles. The number of piperazine rings is 1. The number of anilines is 1. The lowest BCUT2D eigenvalue weighted by Gasteiger charge is -2.37. The van der Waals surface area contributed by atoms with Crippen molar-refractivity contribution in [3.63, 3.8) is 0 Å². The van der Waals surface area contributed by atoms with Crippen LogP contribution in [0.3, 0.4) is 0 Å². The molecule has 5 rings (SSSR count). The van der Waals surface area contributed by atoms with Gasteiger partial charge in [-0.3, -0.25) is 4.79 Å². The lowest BCUT2D eigenvalue weighted by atomic mass is 10.1. The number of aliphatic hydroxyl groups is 1. The van der Waals surface area contributed by atoms with Crippen LogP contribution in [0.1, 0.15) is 33.6 Å². The van der Waals surface area contributed by atoms with Crippen molar-refractivity contribution >= 4 is 49.8 Å². The van der Waals surface area contributed by atoms with Crippen molar-refractivity contribution in [2.24, 2.45) is 16.9 Å². The number of fused-ring (bicyclic) bond motifs is 1. The van der Waals surface area contributed by atoms with Gasteiger partial charge >= 0.3 is 0 Å². The second-order valence-corrected chi connectivity index (χ2v) is 12.7. The van der Waals surface area contributed by atoms with Gasteiger partial charge in [0.2, 0.25) is 15.9 Å². The van der Waals surface area contributed by atoms with Crippen molar-refractivity contribution in [2.75, 3.05) is 48.7 Å². The van der Waals surface area contributed by atoms with Gasteiger partial charge < -0.3 is 14.9 Å². The normalized spacial score (nSPS) is 24.4. The molecular weight excluding hydrogens is 502 g/mol. The third-order valence-electron chi connectivity index (χ3n) is 7.28. The molecule has 1 aliphatic carbocycles. The second kappa shape index (κ2) is 9.51. The number of benzene rings is 1. The van der Waals surface area contributed by atoms with E-state index in [1.165, 1.54) is 11.8 Å². The molecule has 196 valence electrons. The van der Waals surface area contributed by atoms with Crippen LogP contribution in [0.4, 0.5) is 5.69 Å². The van der Waals surface area contributed by atoms with E-state index in [1.54, 1.807) is 33.8 Å². The van der Waals surface area contributed by atoms with E-state index in [4.69, 9.17) is 0 Å². The number of hydrogen-bond acceptors (Lipinski definition) is 9. The minimum absolute atomic E-state index is 0.0386. The Bertz CT molecular complexity index is 1290. The Morgan fingerprint density at radius 2 is 2.03 bits per heavy atom. The predicted octanol–water partition coefficient (Wildman–Crippen LogP) is 1.37. The van der Waals surface area contributed by atoms with Crippen molar-refractivity contribution in [3.8, 4) is 0 Å². The average Bonchev–Trinajstić information content (AvgIpc) is 3.23. The largest absolute Gasteiger partial charge is 0.396 e. The molecule has 1 saturated carbocycles. The minimum atomic E-state index is -3.84. The molecule has 1 saturated heterocycles. The average molecular weight is 536 g/mol. The van der Waals surface area contributed by atoms with Crippen LogP contribution < -0.4 is 14.7 Å². The fourth-order valence-electron chi connectivity index (χ4n) is 5.05. The first kappa shape index (κ1) is 25.3. The van der Waals surface area contributed by atoms with Gasteiger partial charge in [-0.15, -0.1) is 0 Å². The second-order valence-electron chi connectivity index (χ2n) is 10.2. The van der Waals surface area contributed by atoms with Crippen LogP contribution in [-0.4, -0.2) is 84.0 Å². The molecule has 0 unspecified atom stereocenters. The van der Waals surface area contributed by atoms with Crippen molar-refractivity contribution in [3.05, 3.63) is 18.3 Å². The van der Waals surface area contributed by atoms with Gasteiger partial charge in [0, 0.05) is 55.3 Å². The summed E-state index contributed by atoms with van der Waals surface area (Å²) in [5.74, 6) is 0.776. The van der Waals surface area contributed by atoms with Crippen molar-refractivity contribution < 1.29 is 18.3 Å². The lowest BCUT2D eigenvalue weighted by molar-refractivity contribution is -0.134. The van der Waals surface area contributed by atoms with Gasteiger partial charge in [0.25, 0.3) is 0 Å². The zero-order chi connectivity index (χ0) is 25.7. The number of hydrazone groups is 1. The molecular formula is C23H33N7O4S2. The number of thioether (sulfide) groups is 1. The fourth-order valence-corrected chi connectivity index (χ4v) is 7.12. The highest BCUT2D eigenvalue weighted by molar-refractivity contribution is 8.12. The number of sulfonamides is 1. The number of hydrogen-bond donors (Lipinski definition) is 2. The van der Waals surface area contributed by atoms with Gasteiger partial charge in [0.15, 0.2) is 0 Å². The quantitative estimate of drug-likeness (QED) is 0.520. The van der Waals surface area contributed by atoms with Gasteiger partial charge in [0.05, 0.1) is 22.2 Å². The van der Waals surface area contributed by atoms with Crippen LogP contribution in [0.2, 0.25) is 0 Å². The van der Waals surface area contributed by atoms with Crippen molar-refractivity contribution in [1.29, 1.82) is 0 Å². The van der Waals surface area contributed by atoms with Gasteiger partial charge in [-0.2, -0.15) is 20.1 Å². The van der Waals surface area contributed by atoms with Crippen molar-refractivity contribution in [1.82, 2.24) is 19.5 Å². The molecule has 2 atom stereocenters. The molecule has 0 radical (unpaired) electrons. The Hall–Kier alpha value is -2.35. The van der Waals surface area contributed by atoms with E-state index in [0.717, 1.165) is 11.1 Å². The van der Waals surface area contributed by atoms with Gasteiger partial charge in [-0.1, -0.05) is 25.6 Å². The molecule has 3 aliphatic rings. The molecule has 36 heavy (non-hydrogen) atoms. The number of rotatable bonds is 8. The first-order chi connectivity index (χ1) is 17.1. The number of nitrogens with zero attached hydrogens (tertiary/aromatic N) is 6. The Morgan fingerprint density at radius 1 is 1.28 bits per heavy atom. The van der Waals surface area contributed by atoms with E-state index in [2.05, 4.69) is 19.8 Å². The van der Waals surface area contributed by atoms with E-state index in [0.29, 0.717) is 50.4 Å². The number of nitrogens with one attached hydrogen (secondary N) is 1. The van der Waals surface area contributed by atoms with E-state index in [-0.39, 0.29) is 29.2 Å². The highest BCUT2D eigenvalue weighted by Gasteiger charge is 2.52. The lowest BCUT2D eigenvalue weighted by Crippen LogP contribution is -2.50. The summed E-state index contributed by atoms with van der Waals surface area (Å²) < 4.78 is 30.0. The summed E-state index contributed by atoms with van der Waals surface area (Å²) in [6, 6.07) is 3.36. The third kappa shape index (κ3) is 4.69. The van der Waals surface area contributed by atoms with Crippen LogP contribution >= 0.6 is 11.8 Å². The molecule has 11 nitrogen and oxygen atoms in total. The van der Waals surface area contributed by atoms with Crippen LogP contribution in [0.15, 0.2) is 28.3 Å². The van der Waals surface area contributed by atoms with Gasteiger partial charge in [-0.05, 0) is 37.8 Å². The van der Waals surface area contributed by atoms with E-state index < -0.39 is 15.6 Å². The number of carbonyl (C=O) groups is 1. The Labute approximate surface area is 215 Å². The molecule has 0 spiro atoms. The maximum Gasteiger partial charge on any atom is 0.241 e. The highest BCUT2D eigenvalue weighted by atomic mass is 32.2. The Balaban J connectivity index is 1.50. The molecule has 2 aliphatic heterocycles. The summed E-state index contributed by atoms with van der Waals surface area (Å²) >= 11 is 1.53. The summed E-state index contributed by atoms with van der Waals surface area (Å²) in [4.78, 5) is 18.3. The zero-order valence-electron chi connectivity index (χ0n) is 20.8. The highest BCUT2D eigenvalue weighted by Crippen LogP contribution is 2.46. The number of aromatic nitrogens is 2. The van der Waals surface area contributed by atoms with E-state index >= 15 is 0 Å². The zero-order valence-corrected chi connectivity index (χ0v) is 22.4. The maximum atomic E-state index is 13.6. The molecule has 3 heterocycles. The molecule has 1 amide bonds. The maximum absolute atomic E-state index is 13.6. The van der Waals surface area contributed by atoms with Crippen LogP contribution in [0, 0.1) is 11.8 Å². The molecule has 13 heteroatoms. The first-order valence-electron chi connectivity index (χ1n) is 12.3. The predicted molar refractivity (Wildman–Crippen MR) is 141 cm³/mol. The summed E-state index contributed by atoms with van der Waals surface area (Å²) in [6.07, 6.45) is 3.02. The van der Waals surface area contributed by atoms with E-state index in [1.807, 2.05) is 25.7 Å². The summed E-state index contributed by atoms with van der Waals surface area (Å²) in [7, 11) is -3.84. The summed E-state index contributed by atoms with van der Waals surface area (Å²) in [6.45, 7) is 8.09. The monoisotopic (exact) mass is 535 g/mol. The standard InChI is InChI=1S/C23H33N7O4S2/c1-16(2)22(32)28-7-5-27(6-8-28)20-10-18(36(33,34)26-23(3)12-17(23)4-9-31)11-21-19(20)13-24-30(21)29-15-35-14-25-29/h10-11,13-14,16-17,26,31H,4-9,12,15H2,1-3H3/t17-,23+/m1/s1. The molecule has 0 bridgehead atoms. The Kier molecular flexibility index (Phi) is 6.68. The molecule has 1 aromatic heterocycles. The number of aliphatic hydroxyl groups excluding tert-OH is 1. The van der Waals surface area contributed by atoms with Crippen LogP contribution in [-0.2, 0) is 14.8 Å². The van der Waals surface area contributed by atoms with Crippen molar-refractivity contribution in [2.45, 2.75) is 44.0 Å². The van der Waals surface area contributed by atoms with Crippen LogP contribution in [0.5, 0.6) is 0 Å². The molecule has 2 fully saturated rings. The fraction of sp³-hybridized carbons (Fsp3) is 0.609. The topological polar surface area (TPSA) is 123 Å². The SMILES string of the molecule is CC(C)C(=O)N1CCN(c2cc(S(=O)(=O)N[C@@]3(C)C[C@H]3CCO)cc3c2cnn3N2CSC=N2)CC1. The summed E-state index contributed by atoms with van der Waals surface area (Å²) in [5, 5.41) is 20.7. The number of amides is 1. The van der Waals surface area contributed by atoms with E-state index in [9.17, 15) is 18.3 Å². The van der Waals surface area contributed by atoms with Crippen LogP contribution in [0.25, 0.3) is 10.9 Å². The minimum Gasteiger partial charge on any atom is -0.396 e. The summed E-state index contributed by atoms with van der Waals surface area (Å²) in [5.41, 5.74) is 2.60. The smallest absolute Gasteiger partial charge is 0.241 e. The van der Waals surface area contributed by atoms with Gasteiger partial charge in [0.1, 0.15) is 5.88 Å². The molecule has 2 N–H and O–H groups in total.